The highest BCUT2D eigenvalue weighted by molar-refractivity contribution is 7.91. The first kappa shape index (κ1) is 14.9. The van der Waals surface area contributed by atoms with E-state index in [4.69, 9.17) is 0 Å². The minimum atomic E-state index is -3.06. The summed E-state index contributed by atoms with van der Waals surface area (Å²) < 4.78 is 22.8. The van der Waals surface area contributed by atoms with Crippen LogP contribution in [0.25, 0.3) is 0 Å². The van der Waals surface area contributed by atoms with Crippen molar-refractivity contribution in [3.63, 3.8) is 0 Å². The number of rotatable bonds is 4. The van der Waals surface area contributed by atoms with Crippen molar-refractivity contribution in [2.24, 2.45) is 0 Å². The van der Waals surface area contributed by atoms with E-state index in [1.165, 1.54) is 11.8 Å². The van der Waals surface area contributed by atoms with Crippen LogP contribution in [0.2, 0.25) is 0 Å². The highest BCUT2D eigenvalue weighted by Gasteiger charge is 2.34. The van der Waals surface area contributed by atoms with Gasteiger partial charge in [-0.05, 0) is 20.3 Å². The average Bonchev–Trinajstić information content (AvgIpc) is 2.53. The molecule has 1 unspecified atom stereocenters. The zero-order valence-corrected chi connectivity index (χ0v) is 11.8. The Bertz CT molecular complexity index is 430. The highest BCUT2D eigenvalue weighted by Crippen LogP contribution is 2.17. The molecule has 0 spiro atoms. The molecule has 1 atom stereocenters. The highest BCUT2D eigenvalue weighted by atomic mass is 32.2. The van der Waals surface area contributed by atoms with Crippen LogP contribution in [0.5, 0.6) is 0 Å². The molecule has 0 aromatic heterocycles. The zero-order valence-electron chi connectivity index (χ0n) is 11.0. The van der Waals surface area contributed by atoms with Gasteiger partial charge in [-0.25, -0.2) is 8.42 Å². The average molecular weight is 276 g/mol. The van der Waals surface area contributed by atoms with Crippen molar-refractivity contribution >= 4 is 21.7 Å². The molecule has 1 aliphatic rings. The Morgan fingerprint density at radius 1 is 1.39 bits per heavy atom. The number of amides is 2. The van der Waals surface area contributed by atoms with Crippen molar-refractivity contribution < 1.29 is 18.0 Å². The van der Waals surface area contributed by atoms with Gasteiger partial charge in [0, 0.05) is 19.0 Å². The topological polar surface area (TPSA) is 83.6 Å². The fourth-order valence-corrected chi connectivity index (χ4v) is 3.77. The van der Waals surface area contributed by atoms with Crippen LogP contribution in [0.15, 0.2) is 0 Å². The maximum absolute atomic E-state index is 11.6. The quantitative estimate of drug-likeness (QED) is 0.753. The summed E-state index contributed by atoms with van der Waals surface area (Å²) in [5.41, 5.74) is 0. The number of nitrogens with zero attached hydrogens (tertiary/aromatic N) is 1. The number of sulfone groups is 1. The van der Waals surface area contributed by atoms with Crippen LogP contribution in [0, 0.1) is 0 Å². The lowest BCUT2D eigenvalue weighted by Gasteiger charge is -2.26. The molecular formula is C11H20N2O4S. The van der Waals surface area contributed by atoms with Crippen LogP contribution in [0.3, 0.4) is 0 Å². The summed E-state index contributed by atoms with van der Waals surface area (Å²) in [7, 11) is -3.06. The Hall–Kier alpha value is -1.11. The molecule has 1 rings (SSSR count). The van der Waals surface area contributed by atoms with E-state index in [2.05, 4.69) is 5.32 Å². The van der Waals surface area contributed by atoms with Crippen LogP contribution in [-0.4, -0.2) is 55.3 Å². The normalized spacial score (nSPS) is 21.9. The molecular weight excluding hydrogens is 256 g/mol. The predicted octanol–water partition coefficient (Wildman–Crippen LogP) is -0.453. The molecule has 1 N–H and O–H groups in total. The monoisotopic (exact) mass is 276 g/mol. The lowest BCUT2D eigenvalue weighted by molar-refractivity contribution is -0.136. The summed E-state index contributed by atoms with van der Waals surface area (Å²) >= 11 is 0. The molecule has 0 saturated carbocycles. The van der Waals surface area contributed by atoms with E-state index in [0.717, 1.165) is 0 Å². The van der Waals surface area contributed by atoms with Gasteiger partial charge in [-0.15, -0.1) is 0 Å². The maximum Gasteiger partial charge on any atom is 0.239 e. The first-order chi connectivity index (χ1) is 8.21. The molecule has 104 valence electrons. The van der Waals surface area contributed by atoms with Crippen LogP contribution < -0.4 is 5.32 Å². The van der Waals surface area contributed by atoms with Gasteiger partial charge in [0.15, 0.2) is 9.84 Å². The van der Waals surface area contributed by atoms with Gasteiger partial charge in [-0.2, -0.15) is 0 Å². The molecule has 18 heavy (non-hydrogen) atoms. The molecule has 0 radical (unpaired) electrons. The molecule has 0 aromatic rings. The van der Waals surface area contributed by atoms with E-state index in [1.807, 2.05) is 13.8 Å². The van der Waals surface area contributed by atoms with Crippen molar-refractivity contribution in [1.29, 1.82) is 0 Å². The van der Waals surface area contributed by atoms with E-state index >= 15 is 0 Å². The summed E-state index contributed by atoms with van der Waals surface area (Å²) in [6.07, 6.45) is 0.414. The van der Waals surface area contributed by atoms with Crippen LogP contribution in [0.1, 0.15) is 27.2 Å². The first-order valence-electron chi connectivity index (χ1n) is 5.98. The minimum Gasteiger partial charge on any atom is -0.352 e. The SMILES string of the molecule is CC(=O)N(CC(=O)NC(C)C)C1CCS(=O)(=O)C1. The fourth-order valence-electron chi connectivity index (χ4n) is 2.04. The van der Waals surface area contributed by atoms with Crippen molar-refractivity contribution in [1.82, 2.24) is 10.2 Å². The zero-order chi connectivity index (χ0) is 13.9. The van der Waals surface area contributed by atoms with Crippen molar-refractivity contribution in [3.8, 4) is 0 Å². The van der Waals surface area contributed by atoms with Gasteiger partial charge in [0.2, 0.25) is 11.8 Å². The Morgan fingerprint density at radius 2 is 2.00 bits per heavy atom. The van der Waals surface area contributed by atoms with Crippen molar-refractivity contribution in [2.45, 2.75) is 39.3 Å². The van der Waals surface area contributed by atoms with E-state index < -0.39 is 9.84 Å². The van der Waals surface area contributed by atoms with Gasteiger partial charge in [-0.1, -0.05) is 0 Å². The Morgan fingerprint density at radius 3 is 2.39 bits per heavy atom. The third-order valence-corrected chi connectivity index (χ3v) is 4.57. The molecule has 1 heterocycles. The number of carbonyl (C=O) groups excluding carboxylic acids is 2. The summed E-state index contributed by atoms with van der Waals surface area (Å²) in [6.45, 7) is 4.94. The van der Waals surface area contributed by atoms with Gasteiger partial charge >= 0.3 is 0 Å². The lowest BCUT2D eigenvalue weighted by Crippen LogP contribution is -2.47. The molecule has 0 aliphatic carbocycles. The molecule has 1 saturated heterocycles. The lowest BCUT2D eigenvalue weighted by atomic mass is 10.2. The van der Waals surface area contributed by atoms with Crippen molar-refractivity contribution in [2.75, 3.05) is 18.1 Å². The summed E-state index contributed by atoms with van der Waals surface area (Å²) in [5.74, 6) is -0.477. The standard InChI is InChI=1S/C11H20N2O4S/c1-8(2)12-11(15)6-13(9(3)14)10-4-5-18(16,17)7-10/h8,10H,4-7H2,1-3H3,(H,12,15). The summed E-state index contributed by atoms with van der Waals surface area (Å²) in [5, 5.41) is 2.69. The molecule has 0 aromatic carbocycles. The van der Waals surface area contributed by atoms with Gasteiger partial charge < -0.3 is 10.2 Å². The van der Waals surface area contributed by atoms with Gasteiger partial charge in [-0.3, -0.25) is 9.59 Å². The molecule has 1 fully saturated rings. The first-order valence-corrected chi connectivity index (χ1v) is 7.80. The van der Waals surface area contributed by atoms with E-state index in [0.29, 0.717) is 6.42 Å². The smallest absolute Gasteiger partial charge is 0.239 e. The number of carbonyl (C=O) groups is 2. The largest absolute Gasteiger partial charge is 0.352 e. The number of hydrogen-bond donors (Lipinski definition) is 1. The summed E-state index contributed by atoms with van der Waals surface area (Å²) in [4.78, 5) is 24.5. The van der Waals surface area contributed by atoms with Gasteiger partial charge in [0.1, 0.15) is 0 Å². The Kier molecular flexibility index (Phi) is 4.72. The number of nitrogens with one attached hydrogen (secondary N) is 1. The second kappa shape index (κ2) is 5.69. The second-order valence-electron chi connectivity index (χ2n) is 4.93. The number of hydrogen-bond acceptors (Lipinski definition) is 4. The Labute approximate surface area is 108 Å². The van der Waals surface area contributed by atoms with Crippen LogP contribution in [0.4, 0.5) is 0 Å². The summed E-state index contributed by atoms with van der Waals surface area (Å²) in [6, 6.07) is -0.371. The van der Waals surface area contributed by atoms with E-state index in [9.17, 15) is 18.0 Å². The van der Waals surface area contributed by atoms with Crippen LogP contribution >= 0.6 is 0 Å². The van der Waals surface area contributed by atoms with E-state index in [-0.39, 0.29) is 41.9 Å². The maximum atomic E-state index is 11.6. The third kappa shape index (κ3) is 4.29. The third-order valence-electron chi connectivity index (χ3n) is 2.82. The minimum absolute atomic E-state index is 0.00128. The Balaban J connectivity index is 2.67. The second-order valence-corrected chi connectivity index (χ2v) is 7.15. The predicted molar refractivity (Wildman–Crippen MR) is 67.7 cm³/mol. The molecule has 2 amide bonds. The fraction of sp³-hybridized carbons (Fsp3) is 0.818. The molecule has 1 aliphatic heterocycles. The molecule has 0 bridgehead atoms. The van der Waals surface area contributed by atoms with E-state index in [1.54, 1.807) is 0 Å². The van der Waals surface area contributed by atoms with Crippen LogP contribution in [-0.2, 0) is 19.4 Å². The molecule has 7 heteroatoms. The van der Waals surface area contributed by atoms with Gasteiger partial charge in [0.05, 0.1) is 18.1 Å². The molecule has 6 nitrogen and oxygen atoms in total. The van der Waals surface area contributed by atoms with Gasteiger partial charge in [0.25, 0.3) is 0 Å². The van der Waals surface area contributed by atoms with Crippen molar-refractivity contribution in [3.05, 3.63) is 0 Å².